The molecule has 0 aliphatic heterocycles. The molecule has 0 aromatic rings. The molecule has 0 heterocycles. The monoisotopic (exact) mass is 142 g/mol. The fourth-order valence-electron chi connectivity index (χ4n) is 0.870. The Morgan fingerprint density at radius 1 is 1.70 bits per heavy atom. The largest absolute Gasteiger partial charge is 0.384 e. The molecule has 0 spiro atoms. The van der Waals surface area contributed by atoms with Crippen molar-refractivity contribution in [1.82, 2.24) is 0 Å². The Morgan fingerprint density at radius 3 is 2.60 bits per heavy atom. The van der Waals surface area contributed by atoms with Crippen LogP contribution in [0.3, 0.4) is 0 Å². The second kappa shape index (κ2) is 5.42. The fourth-order valence-corrected chi connectivity index (χ4v) is 0.870. The molecule has 0 amide bonds. The Balaban J connectivity index is 3.68. The standard InChI is InChI=1S/C8H16NO/c1-4-7(6-10-3)8(9)5-2/h7,9H,2,4-6H2,1,3H3/t7-/m1/s1. The van der Waals surface area contributed by atoms with Crippen LogP contribution >= 0.6 is 0 Å². The Bertz CT molecular complexity index is 101. The lowest BCUT2D eigenvalue weighted by Crippen LogP contribution is -2.17. The molecule has 2 heteroatoms. The first kappa shape index (κ1) is 9.63. The normalized spacial score (nSPS) is 13.1. The molecule has 0 saturated heterocycles. The van der Waals surface area contributed by atoms with E-state index in [1.54, 1.807) is 7.11 Å². The van der Waals surface area contributed by atoms with Crippen LogP contribution in [0.25, 0.3) is 0 Å². The van der Waals surface area contributed by atoms with E-state index in [2.05, 4.69) is 13.8 Å². The van der Waals surface area contributed by atoms with E-state index in [0.717, 1.165) is 6.42 Å². The summed E-state index contributed by atoms with van der Waals surface area (Å²) in [4.78, 5) is 0. The highest BCUT2D eigenvalue weighted by Crippen LogP contribution is 2.06. The van der Waals surface area contributed by atoms with Gasteiger partial charge in [-0.25, -0.2) is 0 Å². The lowest BCUT2D eigenvalue weighted by Gasteiger charge is -2.12. The molecule has 0 saturated carbocycles. The number of methoxy groups -OCH3 is 1. The fraction of sp³-hybridized carbons (Fsp3) is 0.750. The van der Waals surface area contributed by atoms with Crippen LogP contribution in [-0.4, -0.2) is 19.4 Å². The Morgan fingerprint density at radius 2 is 2.30 bits per heavy atom. The molecule has 2 nitrogen and oxygen atoms in total. The average molecular weight is 142 g/mol. The first-order valence-electron chi connectivity index (χ1n) is 3.61. The van der Waals surface area contributed by atoms with E-state index in [1.165, 1.54) is 0 Å². The molecular weight excluding hydrogens is 126 g/mol. The summed E-state index contributed by atoms with van der Waals surface area (Å²) >= 11 is 0. The molecule has 0 aromatic carbocycles. The van der Waals surface area contributed by atoms with E-state index >= 15 is 0 Å². The highest BCUT2D eigenvalue weighted by Gasteiger charge is 2.09. The topological polar surface area (TPSA) is 33.1 Å². The molecule has 10 heavy (non-hydrogen) atoms. The van der Waals surface area contributed by atoms with Gasteiger partial charge in [0.15, 0.2) is 0 Å². The molecule has 1 radical (unpaired) electrons. The molecule has 0 bridgehead atoms. The summed E-state index contributed by atoms with van der Waals surface area (Å²) < 4.78 is 4.95. The maximum Gasteiger partial charge on any atom is 0.0542 e. The van der Waals surface area contributed by atoms with Gasteiger partial charge in [-0.3, -0.25) is 0 Å². The Hall–Kier alpha value is -0.370. The van der Waals surface area contributed by atoms with Gasteiger partial charge in [-0.1, -0.05) is 6.92 Å². The summed E-state index contributed by atoms with van der Waals surface area (Å²) in [5, 5.41) is 7.46. The van der Waals surface area contributed by atoms with Crippen molar-refractivity contribution in [3.05, 3.63) is 6.92 Å². The quantitative estimate of drug-likeness (QED) is 0.584. The van der Waals surface area contributed by atoms with Crippen molar-refractivity contribution in [2.24, 2.45) is 5.92 Å². The zero-order valence-electron chi connectivity index (χ0n) is 6.81. The van der Waals surface area contributed by atoms with E-state index in [0.29, 0.717) is 18.7 Å². The maximum absolute atomic E-state index is 7.46. The van der Waals surface area contributed by atoms with Crippen LogP contribution in [0.2, 0.25) is 0 Å². The van der Waals surface area contributed by atoms with Gasteiger partial charge >= 0.3 is 0 Å². The van der Waals surface area contributed by atoms with E-state index in [1.807, 2.05) is 0 Å². The highest BCUT2D eigenvalue weighted by atomic mass is 16.5. The highest BCUT2D eigenvalue weighted by molar-refractivity contribution is 5.84. The van der Waals surface area contributed by atoms with Crippen LogP contribution in [0.4, 0.5) is 0 Å². The minimum absolute atomic E-state index is 0.280. The van der Waals surface area contributed by atoms with Gasteiger partial charge in [-0.15, -0.1) is 0 Å². The van der Waals surface area contributed by atoms with Crippen LogP contribution in [-0.2, 0) is 4.74 Å². The Labute approximate surface area is 63.1 Å². The molecule has 59 valence electrons. The third-order valence-electron chi connectivity index (χ3n) is 1.62. The zero-order chi connectivity index (χ0) is 7.98. The SMILES string of the molecule is [CH2]CC(=N)[C@H](CC)COC. The third kappa shape index (κ3) is 2.97. The van der Waals surface area contributed by atoms with Gasteiger partial charge in [0.05, 0.1) is 6.61 Å². The van der Waals surface area contributed by atoms with Crippen molar-refractivity contribution in [1.29, 1.82) is 5.41 Å². The number of nitrogens with one attached hydrogen (secondary N) is 1. The van der Waals surface area contributed by atoms with Crippen molar-refractivity contribution >= 4 is 5.71 Å². The summed E-state index contributed by atoms with van der Waals surface area (Å²) in [7, 11) is 1.67. The molecule has 0 aliphatic rings. The summed E-state index contributed by atoms with van der Waals surface area (Å²) in [6, 6.07) is 0. The minimum Gasteiger partial charge on any atom is -0.384 e. The van der Waals surface area contributed by atoms with Crippen LogP contribution in [0.1, 0.15) is 19.8 Å². The van der Waals surface area contributed by atoms with Crippen LogP contribution in [0.15, 0.2) is 0 Å². The lowest BCUT2D eigenvalue weighted by molar-refractivity contribution is 0.174. The van der Waals surface area contributed by atoms with E-state index in [9.17, 15) is 0 Å². The molecule has 0 fully saturated rings. The van der Waals surface area contributed by atoms with Gasteiger partial charge in [0.25, 0.3) is 0 Å². The van der Waals surface area contributed by atoms with Crippen molar-refractivity contribution in [3.63, 3.8) is 0 Å². The zero-order valence-corrected chi connectivity index (χ0v) is 6.81. The lowest BCUT2D eigenvalue weighted by atomic mass is 10.00. The molecular formula is C8H16NO. The van der Waals surface area contributed by atoms with Gasteiger partial charge in [-0.2, -0.15) is 0 Å². The predicted octanol–water partition coefficient (Wildman–Crippen LogP) is 1.90. The molecule has 0 aromatic heterocycles. The first-order valence-corrected chi connectivity index (χ1v) is 3.61. The molecule has 1 atom stereocenters. The van der Waals surface area contributed by atoms with Gasteiger partial charge in [0, 0.05) is 18.7 Å². The molecule has 0 unspecified atom stereocenters. The van der Waals surface area contributed by atoms with Crippen LogP contribution in [0, 0.1) is 18.3 Å². The molecule has 0 aliphatic carbocycles. The van der Waals surface area contributed by atoms with E-state index in [-0.39, 0.29) is 5.92 Å². The molecule has 0 rings (SSSR count). The summed E-state index contributed by atoms with van der Waals surface area (Å²) in [5.74, 6) is 0.280. The minimum atomic E-state index is 0.280. The number of ether oxygens (including phenoxy) is 1. The van der Waals surface area contributed by atoms with Crippen LogP contribution in [0.5, 0.6) is 0 Å². The Kier molecular flexibility index (Phi) is 5.22. The second-order valence-electron chi connectivity index (χ2n) is 2.34. The van der Waals surface area contributed by atoms with E-state index < -0.39 is 0 Å². The number of hydrogen-bond acceptors (Lipinski definition) is 2. The van der Waals surface area contributed by atoms with Gasteiger partial charge in [-0.05, 0) is 19.8 Å². The van der Waals surface area contributed by atoms with Crippen molar-refractivity contribution in [2.75, 3.05) is 13.7 Å². The average Bonchev–Trinajstić information content (AvgIpc) is 1.99. The maximum atomic E-state index is 7.46. The van der Waals surface area contributed by atoms with Crippen molar-refractivity contribution in [3.8, 4) is 0 Å². The van der Waals surface area contributed by atoms with Crippen LogP contribution < -0.4 is 0 Å². The van der Waals surface area contributed by atoms with E-state index in [4.69, 9.17) is 10.1 Å². The number of hydrogen-bond donors (Lipinski definition) is 1. The van der Waals surface area contributed by atoms with Gasteiger partial charge in [0.1, 0.15) is 0 Å². The summed E-state index contributed by atoms with van der Waals surface area (Å²) in [5.41, 5.74) is 0.698. The summed E-state index contributed by atoms with van der Waals surface area (Å²) in [6.45, 7) is 6.38. The predicted molar refractivity (Wildman–Crippen MR) is 43.4 cm³/mol. The van der Waals surface area contributed by atoms with Crippen molar-refractivity contribution < 1.29 is 4.74 Å². The van der Waals surface area contributed by atoms with Gasteiger partial charge in [0.2, 0.25) is 0 Å². The summed E-state index contributed by atoms with van der Waals surface area (Å²) in [6.07, 6.45) is 1.57. The first-order chi connectivity index (χ1) is 4.76. The smallest absolute Gasteiger partial charge is 0.0542 e. The third-order valence-corrected chi connectivity index (χ3v) is 1.62. The number of rotatable bonds is 5. The van der Waals surface area contributed by atoms with Gasteiger partial charge < -0.3 is 10.1 Å². The molecule has 1 N–H and O–H groups in total. The van der Waals surface area contributed by atoms with Crippen molar-refractivity contribution in [2.45, 2.75) is 19.8 Å². The second-order valence-corrected chi connectivity index (χ2v) is 2.34.